The van der Waals surface area contributed by atoms with Gasteiger partial charge in [0.15, 0.2) is 5.78 Å². The number of halogens is 3. The fraction of sp³-hybridized carbons (Fsp3) is 0.231. The Kier molecular flexibility index (Phi) is 4.08. The SMILES string of the molecule is Cc1nc(CC(=O)c2ccc(OC(F)(F)F)cc2)cs1. The molecule has 106 valence electrons. The molecule has 2 aromatic rings. The molecule has 7 heteroatoms. The highest BCUT2D eigenvalue weighted by molar-refractivity contribution is 7.09. The lowest BCUT2D eigenvalue weighted by Gasteiger charge is -2.08. The molecule has 0 amide bonds. The van der Waals surface area contributed by atoms with E-state index in [2.05, 4.69) is 9.72 Å². The highest BCUT2D eigenvalue weighted by atomic mass is 32.1. The fourth-order valence-electron chi connectivity index (χ4n) is 1.60. The standard InChI is InChI=1S/C13H10F3NO2S/c1-8-17-10(7-20-8)6-12(18)9-2-4-11(5-3-9)19-13(14,15)16/h2-5,7H,6H2,1H3. The Morgan fingerprint density at radius 2 is 1.95 bits per heavy atom. The van der Waals surface area contributed by atoms with E-state index in [1.165, 1.54) is 23.5 Å². The lowest BCUT2D eigenvalue weighted by atomic mass is 10.1. The fourth-order valence-corrected chi connectivity index (χ4v) is 2.21. The van der Waals surface area contributed by atoms with Gasteiger partial charge in [0.1, 0.15) is 5.75 Å². The summed E-state index contributed by atoms with van der Waals surface area (Å²) >= 11 is 1.44. The number of hydrogen-bond acceptors (Lipinski definition) is 4. The Labute approximate surface area is 117 Å². The van der Waals surface area contributed by atoms with Gasteiger partial charge in [-0.15, -0.1) is 24.5 Å². The van der Waals surface area contributed by atoms with Crippen LogP contribution in [0.2, 0.25) is 0 Å². The lowest BCUT2D eigenvalue weighted by molar-refractivity contribution is -0.274. The van der Waals surface area contributed by atoms with E-state index in [9.17, 15) is 18.0 Å². The minimum absolute atomic E-state index is 0.129. The van der Waals surface area contributed by atoms with Crippen LogP contribution in [0.15, 0.2) is 29.6 Å². The van der Waals surface area contributed by atoms with Crippen LogP contribution in [0.1, 0.15) is 21.1 Å². The first-order valence-corrected chi connectivity index (χ1v) is 6.51. The largest absolute Gasteiger partial charge is 0.573 e. The molecule has 20 heavy (non-hydrogen) atoms. The number of carbonyl (C=O) groups excluding carboxylic acids is 1. The molecular weight excluding hydrogens is 291 g/mol. The van der Waals surface area contributed by atoms with Crippen molar-refractivity contribution >= 4 is 17.1 Å². The molecule has 1 aromatic heterocycles. The second-order valence-electron chi connectivity index (χ2n) is 4.03. The zero-order valence-corrected chi connectivity index (χ0v) is 11.2. The highest BCUT2D eigenvalue weighted by Gasteiger charge is 2.31. The van der Waals surface area contributed by atoms with Gasteiger partial charge >= 0.3 is 6.36 Å². The topological polar surface area (TPSA) is 39.2 Å². The van der Waals surface area contributed by atoms with Crippen LogP contribution in [-0.2, 0) is 6.42 Å². The van der Waals surface area contributed by atoms with Gasteiger partial charge in [-0.1, -0.05) is 0 Å². The second kappa shape index (κ2) is 5.62. The van der Waals surface area contributed by atoms with Crippen molar-refractivity contribution in [3.8, 4) is 5.75 Å². The van der Waals surface area contributed by atoms with Gasteiger partial charge in [0, 0.05) is 10.9 Å². The molecule has 0 bridgehead atoms. The van der Waals surface area contributed by atoms with E-state index in [0.29, 0.717) is 11.3 Å². The van der Waals surface area contributed by atoms with Crippen molar-refractivity contribution in [1.29, 1.82) is 0 Å². The van der Waals surface area contributed by atoms with Gasteiger partial charge in [0.25, 0.3) is 0 Å². The minimum atomic E-state index is -4.73. The molecule has 0 aliphatic rings. The van der Waals surface area contributed by atoms with Crippen molar-refractivity contribution in [2.75, 3.05) is 0 Å². The van der Waals surface area contributed by atoms with Crippen LogP contribution in [0.4, 0.5) is 13.2 Å². The predicted molar refractivity (Wildman–Crippen MR) is 68.0 cm³/mol. The number of ketones is 1. The third kappa shape index (κ3) is 4.06. The number of thiazole rings is 1. The number of benzene rings is 1. The normalized spacial score (nSPS) is 11.4. The van der Waals surface area contributed by atoms with Crippen molar-refractivity contribution in [1.82, 2.24) is 4.98 Å². The molecule has 0 spiro atoms. The number of ether oxygens (including phenoxy) is 1. The van der Waals surface area contributed by atoms with Gasteiger partial charge in [-0.2, -0.15) is 0 Å². The van der Waals surface area contributed by atoms with E-state index in [0.717, 1.165) is 17.1 Å². The van der Waals surface area contributed by atoms with E-state index < -0.39 is 6.36 Å². The van der Waals surface area contributed by atoms with E-state index in [1.54, 1.807) is 5.38 Å². The van der Waals surface area contributed by atoms with Crippen LogP contribution < -0.4 is 4.74 Å². The third-order valence-corrected chi connectivity index (χ3v) is 3.24. The predicted octanol–water partition coefficient (Wildman–Crippen LogP) is 3.78. The third-order valence-electron chi connectivity index (χ3n) is 2.42. The van der Waals surface area contributed by atoms with Gasteiger partial charge < -0.3 is 4.74 Å². The Morgan fingerprint density at radius 1 is 1.30 bits per heavy atom. The zero-order valence-electron chi connectivity index (χ0n) is 10.4. The summed E-state index contributed by atoms with van der Waals surface area (Å²) in [4.78, 5) is 16.1. The maximum atomic E-state index is 12.0. The molecule has 0 N–H and O–H groups in total. The number of aromatic nitrogens is 1. The highest BCUT2D eigenvalue weighted by Crippen LogP contribution is 2.23. The Balaban J connectivity index is 2.04. The summed E-state index contributed by atoms with van der Waals surface area (Å²) in [6, 6.07) is 4.85. The molecule has 1 heterocycles. The number of carbonyl (C=O) groups is 1. The second-order valence-corrected chi connectivity index (χ2v) is 5.09. The van der Waals surface area contributed by atoms with Crippen LogP contribution in [0.3, 0.4) is 0 Å². The van der Waals surface area contributed by atoms with Gasteiger partial charge in [-0.25, -0.2) is 4.98 Å². The zero-order chi connectivity index (χ0) is 14.8. The monoisotopic (exact) mass is 301 g/mol. The molecule has 2 rings (SSSR count). The van der Waals surface area contributed by atoms with Crippen molar-refractivity contribution in [3.63, 3.8) is 0 Å². The summed E-state index contributed by atoms with van der Waals surface area (Å²) in [6.07, 6.45) is -4.60. The Bertz CT molecular complexity index is 605. The van der Waals surface area contributed by atoms with Crippen LogP contribution in [-0.4, -0.2) is 17.1 Å². The smallest absolute Gasteiger partial charge is 0.406 e. The first-order chi connectivity index (χ1) is 9.33. The van der Waals surface area contributed by atoms with Crippen LogP contribution in [0, 0.1) is 6.92 Å². The van der Waals surface area contributed by atoms with Crippen LogP contribution in [0.25, 0.3) is 0 Å². The Hall–Kier alpha value is -1.89. The Morgan fingerprint density at radius 3 is 2.45 bits per heavy atom. The van der Waals surface area contributed by atoms with Crippen molar-refractivity contribution < 1.29 is 22.7 Å². The minimum Gasteiger partial charge on any atom is -0.406 e. The number of hydrogen-bond donors (Lipinski definition) is 0. The van der Waals surface area contributed by atoms with Crippen molar-refractivity contribution in [2.45, 2.75) is 19.7 Å². The molecule has 0 saturated carbocycles. The summed E-state index contributed by atoms with van der Waals surface area (Å²) in [6.45, 7) is 1.84. The summed E-state index contributed by atoms with van der Waals surface area (Å²) in [7, 11) is 0. The molecule has 3 nitrogen and oxygen atoms in total. The van der Waals surface area contributed by atoms with E-state index in [4.69, 9.17) is 0 Å². The van der Waals surface area contributed by atoms with E-state index >= 15 is 0 Å². The maximum absolute atomic E-state index is 12.0. The number of alkyl halides is 3. The van der Waals surface area contributed by atoms with E-state index in [1.807, 2.05) is 6.92 Å². The van der Waals surface area contributed by atoms with Crippen LogP contribution >= 0.6 is 11.3 Å². The van der Waals surface area contributed by atoms with E-state index in [-0.39, 0.29) is 18.0 Å². The molecule has 0 aliphatic carbocycles. The van der Waals surface area contributed by atoms with Crippen molar-refractivity contribution in [3.05, 3.63) is 45.9 Å². The first kappa shape index (κ1) is 14.5. The number of nitrogens with zero attached hydrogens (tertiary/aromatic N) is 1. The molecule has 0 unspecified atom stereocenters. The summed E-state index contributed by atoms with van der Waals surface area (Å²) in [5, 5.41) is 2.65. The molecule has 0 fully saturated rings. The molecule has 1 aromatic carbocycles. The van der Waals surface area contributed by atoms with Gasteiger partial charge in [0.05, 0.1) is 17.1 Å². The quantitative estimate of drug-likeness (QED) is 0.807. The maximum Gasteiger partial charge on any atom is 0.573 e. The summed E-state index contributed by atoms with van der Waals surface area (Å²) < 4.78 is 39.7. The van der Waals surface area contributed by atoms with Gasteiger partial charge in [-0.3, -0.25) is 4.79 Å². The number of aryl methyl sites for hydroxylation is 1. The first-order valence-electron chi connectivity index (χ1n) is 5.63. The summed E-state index contributed by atoms with van der Waals surface area (Å²) in [5.41, 5.74) is 0.985. The molecule has 0 saturated heterocycles. The van der Waals surface area contributed by atoms with Crippen molar-refractivity contribution in [2.24, 2.45) is 0 Å². The molecule has 0 radical (unpaired) electrons. The van der Waals surface area contributed by atoms with Gasteiger partial charge in [-0.05, 0) is 31.2 Å². The molecular formula is C13H10F3NO2S. The number of Topliss-reactive ketones (excluding diaryl/α,β-unsaturated/α-hetero) is 1. The average molecular weight is 301 g/mol. The number of rotatable bonds is 4. The molecule has 0 aliphatic heterocycles. The average Bonchev–Trinajstić information content (AvgIpc) is 2.73. The van der Waals surface area contributed by atoms with Gasteiger partial charge in [0.2, 0.25) is 0 Å². The summed E-state index contributed by atoms with van der Waals surface area (Å²) in [5.74, 6) is -0.549. The molecule has 0 atom stereocenters. The lowest BCUT2D eigenvalue weighted by Crippen LogP contribution is -2.17. The van der Waals surface area contributed by atoms with Crippen LogP contribution in [0.5, 0.6) is 5.75 Å².